The Bertz CT molecular complexity index is 165. The number of nitriles is 1. The second kappa shape index (κ2) is 3.15. The molecule has 1 rings (SSSR count). The van der Waals surface area contributed by atoms with Gasteiger partial charge >= 0.3 is 0 Å². The van der Waals surface area contributed by atoms with Gasteiger partial charge in [-0.15, -0.1) is 0 Å². The first-order valence-corrected chi connectivity index (χ1v) is 3.28. The van der Waals surface area contributed by atoms with Crippen LogP contribution in [0.1, 0.15) is 0 Å². The summed E-state index contributed by atoms with van der Waals surface area (Å²) >= 11 is 1.35. The number of aliphatic imine (C=N–C) groups is 1. The summed E-state index contributed by atoms with van der Waals surface area (Å²) < 4.78 is 1.53. The standard InChI is InChI=1S/C5H5N3S/c6-5-8-3-1-7-2-4-9-8/h1-2,4H,3H2. The van der Waals surface area contributed by atoms with Gasteiger partial charge in [-0.2, -0.15) is 5.26 Å². The van der Waals surface area contributed by atoms with Gasteiger partial charge in [0, 0.05) is 17.8 Å². The molecule has 3 nitrogen and oxygen atoms in total. The summed E-state index contributed by atoms with van der Waals surface area (Å²) in [6.07, 6.45) is 5.36. The summed E-state index contributed by atoms with van der Waals surface area (Å²) in [5.41, 5.74) is 0. The molecule has 0 radical (unpaired) electrons. The van der Waals surface area contributed by atoms with Gasteiger partial charge < -0.3 is 0 Å². The Morgan fingerprint density at radius 2 is 2.67 bits per heavy atom. The van der Waals surface area contributed by atoms with E-state index in [9.17, 15) is 0 Å². The highest BCUT2D eigenvalue weighted by atomic mass is 32.2. The predicted octanol–water partition coefficient (Wildman–Crippen LogP) is 0.973. The number of nitrogens with zero attached hydrogens (tertiary/aromatic N) is 3. The van der Waals surface area contributed by atoms with Crippen molar-refractivity contribution in [3.05, 3.63) is 11.6 Å². The fourth-order valence-electron chi connectivity index (χ4n) is 0.425. The van der Waals surface area contributed by atoms with Crippen molar-refractivity contribution in [2.45, 2.75) is 0 Å². The van der Waals surface area contributed by atoms with Gasteiger partial charge in [0.15, 0.2) is 6.19 Å². The van der Waals surface area contributed by atoms with E-state index >= 15 is 0 Å². The van der Waals surface area contributed by atoms with Crippen LogP contribution in [0.2, 0.25) is 0 Å². The zero-order valence-electron chi connectivity index (χ0n) is 4.69. The maximum Gasteiger partial charge on any atom is 0.190 e. The van der Waals surface area contributed by atoms with Crippen molar-refractivity contribution in [3.63, 3.8) is 0 Å². The molecule has 0 N–H and O–H groups in total. The molecule has 9 heavy (non-hydrogen) atoms. The lowest BCUT2D eigenvalue weighted by atomic mass is 10.7. The molecular weight excluding hydrogens is 134 g/mol. The van der Waals surface area contributed by atoms with Crippen LogP contribution in [0.4, 0.5) is 0 Å². The van der Waals surface area contributed by atoms with Gasteiger partial charge in [0.05, 0.1) is 6.54 Å². The molecule has 0 aromatic rings. The third kappa shape index (κ3) is 1.78. The van der Waals surface area contributed by atoms with Crippen molar-refractivity contribution in [1.29, 1.82) is 5.26 Å². The quantitative estimate of drug-likeness (QED) is 0.371. The molecule has 0 spiro atoms. The molecule has 0 saturated carbocycles. The molecule has 0 saturated heterocycles. The lowest BCUT2D eigenvalue weighted by Crippen LogP contribution is -2.08. The van der Waals surface area contributed by atoms with Crippen LogP contribution in [-0.2, 0) is 0 Å². The van der Waals surface area contributed by atoms with Gasteiger partial charge in [-0.05, 0) is 11.9 Å². The van der Waals surface area contributed by atoms with Crippen LogP contribution in [-0.4, -0.2) is 17.1 Å². The van der Waals surface area contributed by atoms with Crippen molar-refractivity contribution in [2.24, 2.45) is 4.99 Å². The van der Waals surface area contributed by atoms with Gasteiger partial charge in [0.25, 0.3) is 0 Å². The first kappa shape index (κ1) is 6.17. The third-order valence-corrected chi connectivity index (χ3v) is 1.53. The van der Waals surface area contributed by atoms with Gasteiger partial charge in [-0.25, -0.2) is 4.31 Å². The normalized spacial score (nSPS) is 17.0. The topological polar surface area (TPSA) is 39.4 Å². The SMILES string of the molecule is N#CN1CC=NC=CS1. The fourth-order valence-corrected chi connectivity index (χ4v) is 0.897. The average molecular weight is 139 g/mol. The molecule has 0 amide bonds. The molecule has 0 aromatic heterocycles. The minimum atomic E-state index is 0.591. The zero-order valence-corrected chi connectivity index (χ0v) is 5.51. The molecule has 0 bridgehead atoms. The van der Waals surface area contributed by atoms with E-state index in [1.165, 1.54) is 16.3 Å². The molecule has 0 atom stereocenters. The van der Waals surface area contributed by atoms with Crippen molar-refractivity contribution in [2.75, 3.05) is 6.54 Å². The Morgan fingerprint density at radius 1 is 1.78 bits per heavy atom. The lowest BCUT2D eigenvalue weighted by Gasteiger charge is -2.03. The van der Waals surface area contributed by atoms with Crippen LogP contribution in [0, 0.1) is 11.5 Å². The van der Waals surface area contributed by atoms with Crippen molar-refractivity contribution >= 4 is 18.2 Å². The van der Waals surface area contributed by atoms with E-state index < -0.39 is 0 Å². The number of rotatable bonds is 0. The summed E-state index contributed by atoms with van der Waals surface area (Å²) in [7, 11) is 0. The minimum Gasteiger partial charge on any atom is -0.267 e. The van der Waals surface area contributed by atoms with Gasteiger partial charge in [-0.3, -0.25) is 4.99 Å². The van der Waals surface area contributed by atoms with E-state index in [-0.39, 0.29) is 0 Å². The van der Waals surface area contributed by atoms with Crippen molar-refractivity contribution in [3.8, 4) is 6.19 Å². The molecule has 46 valence electrons. The molecule has 1 aliphatic rings. The molecule has 0 aliphatic carbocycles. The van der Waals surface area contributed by atoms with E-state index in [4.69, 9.17) is 5.26 Å². The summed E-state index contributed by atoms with van der Waals surface area (Å²) in [5.74, 6) is 0. The summed E-state index contributed by atoms with van der Waals surface area (Å²) in [4.78, 5) is 3.85. The number of hydrogen-bond acceptors (Lipinski definition) is 4. The largest absolute Gasteiger partial charge is 0.267 e. The van der Waals surface area contributed by atoms with Gasteiger partial charge in [0.1, 0.15) is 0 Å². The molecule has 0 fully saturated rings. The van der Waals surface area contributed by atoms with Crippen LogP contribution in [0.25, 0.3) is 0 Å². The Morgan fingerprint density at radius 3 is 3.44 bits per heavy atom. The van der Waals surface area contributed by atoms with Crippen LogP contribution in [0.5, 0.6) is 0 Å². The van der Waals surface area contributed by atoms with Crippen LogP contribution in [0.3, 0.4) is 0 Å². The smallest absolute Gasteiger partial charge is 0.190 e. The first-order valence-electron chi connectivity index (χ1n) is 2.44. The van der Waals surface area contributed by atoms with Crippen molar-refractivity contribution < 1.29 is 0 Å². The van der Waals surface area contributed by atoms with Crippen LogP contribution >= 0.6 is 11.9 Å². The Hall–Kier alpha value is -0.950. The Labute approximate surface area is 57.8 Å². The maximum absolute atomic E-state index is 8.38. The van der Waals surface area contributed by atoms with Crippen LogP contribution < -0.4 is 0 Å². The lowest BCUT2D eigenvalue weighted by molar-refractivity contribution is 0.754. The van der Waals surface area contributed by atoms with E-state index in [0.717, 1.165) is 0 Å². The fraction of sp³-hybridized carbons (Fsp3) is 0.200. The predicted molar refractivity (Wildman–Crippen MR) is 37.5 cm³/mol. The molecular formula is C5H5N3S. The second-order valence-corrected chi connectivity index (χ2v) is 2.31. The van der Waals surface area contributed by atoms with E-state index in [2.05, 4.69) is 4.99 Å². The van der Waals surface area contributed by atoms with Gasteiger partial charge in [0.2, 0.25) is 0 Å². The molecule has 1 heterocycles. The second-order valence-electron chi connectivity index (χ2n) is 1.38. The Balaban J connectivity index is 2.53. The van der Waals surface area contributed by atoms with E-state index in [1.807, 2.05) is 6.19 Å². The highest BCUT2D eigenvalue weighted by molar-refractivity contribution is 8.00. The van der Waals surface area contributed by atoms with E-state index in [0.29, 0.717) is 6.54 Å². The maximum atomic E-state index is 8.38. The van der Waals surface area contributed by atoms with Crippen LogP contribution in [0.15, 0.2) is 16.6 Å². The minimum absolute atomic E-state index is 0.591. The first-order chi connectivity index (χ1) is 4.43. The highest BCUT2D eigenvalue weighted by Crippen LogP contribution is 2.09. The average Bonchev–Trinajstić information content (AvgIpc) is 2.13. The monoisotopic (exact) mass is 139 g/mol. The highest BCUT2D eigenvalue weighted by Gasteiger charge is 1.97. The summed E-state index contributed by atoms with van der Waals surface area (Å²) in [5, 5.41) is 10.1. The summed E-state index contributed by atoms with van der Waals surface area (Å²) in [6, 6.07) is 0. The molecule has 0 unspecified atom stereocenters. The third-order valence-electron chi connectivity index (χ3n) is 0.799. The molecule has 1 aliphatic heterocycles. The molecule has 0 aromatic carbocycles. The molecule has 4 heteroatoms. The van der Waals surface area contributed by atoms with Crippen molar-refractivity contribution in [1.82, 2.24) is 4.31 Å². The van der Waals surface area contributed by atoms with E-state index in [1.54, 1.807) is 17.8 Å². The zero-order chi connectivity index (χ0) is 6.53. The Kier molecular flexibility index (Phi) is 2.16. The van der Waals surface area contributed by atoms with Gasteiger partial charge in [-0.1, -0.05) is 0 Å². The summed E-state index contributed by atoms with van der Waals surface area (Å²) in [6.45, 7) is 0.591. The number of hydrogen-bond donors (Lipinski definition) is 0.